The van der Waals surface area contributed by atoms with Crippen LogP contribution in [0.25, 0.3) is 0 Å². The lowest BCUT2D eigenvalue weighted by Crippen LogP contribution is -2.37. The molecule has 0 aliphatic carbocycles. The van der Waals surface area contributed by atoms with E-state index in [1.165, 1.54) is 4.90 Å². The molecule has 5 heteroatoms. The summed E-state index contributed by atoms with van der Waals surface area (Å²) in [6, 6.07) is 7.53. The number of hydrogen-bond donors (Lipinski definition) is 1. The Morgan fingerprint density at radius 3 is 2.44 bits per heavy atom. The molecule has 0 fully saturated rings. The zero-order valence-electron chi connectivity index (χ0n) is 10.7. The van der Waals surface area contributed by atoms with Crippen LogP contribution in [-0.2, 0) is 6.54 Å². The van der Waals surface area contributed by atoms with Crippen LogP contribution in [-0.4, -0.2) is 37.8 Å². The zero-order valence-corrected chi connectivity index (χ0v) is 10.7. The van der Waals surface area contributed by atoms with Gasteiger partial charge in [-0.05, 0) is 25.1 Å². The molecule has 0 amide bonds. The highest BCUT2D eigenvalue weighted by Gasteiger charge is 2.30. The van der Waals surface area contributed by atoms with Crippen molar-refractivity contribution < 1.29 is 13.2 Å². The average Bonchev–Trinajstić information content (AvgIpc) is 2.27. The molecule has 0 heterocycles. The Morgan fingerprint density at radius 2 is 1.89 bits per heavy atom. The van der Waals surface area contributed by atoms with Crippen LogP contribution in [0.4, 0.5) is 13.2 Å². The molecule has 1 aromatic rings. The van der Waals surface area contributed by atoms with Crippen LogP contribution in [0.2, 0.25) is 0 Å². The fourth-order valence-electron chi connectivity index (χ4n) is 1.77. The normalized spacial score (nSPS) is 12.1. The van der Waals surface area contributed by atoms with Gasteiger partial charge in [-0.25, -0.2) is 0 Å². The SMILES string of the molecule is CNCCN(Cc1ccccc1C)CC(F)(F)F. The van der Waals surface area contributed by atoms with Gasteiger partial charge in [0.15, 0.2) is 0 Å². The third kappa shape index (κ3) is 5.51. The van der Waals surface area contributed by atoms with Crippen LogP contribution in [0.1, 0.15) is 11.1 Å². The van der Waals surface area contributed by atoms with E-state index >= 15 is 0 Å². The summed E-state index contributed by atoms with van der Waals surface area (Å²) in [6.07, 6.45) is -4.16. The van der Waals surface area contributed by atoms with Gasteiger partial charge in [-0.3, -0.25) is 4.90 Å². The standard InChI is InChI=1S/C13H19F3N2/c1-11-5-3-4-6-12(11)9-18(8-7-17-2)10-13(14,15)16/h3-6,17H,7-10H2,1-2H3. The van der Waals surface area contributed by atoms with E-state index in [4.69, 9.17) is 0 Å². The first kappa shape index (κ1) is 15.0. The monoisotopic (exact) mass is 260 g/mol. The number of hydrogen-bond acceptors (Lipinski definition) is 2. The molecular formula is C13H19F3N2. The number of nitrogens with one attached hydrogen (secondary N) is 1. The number of aryl methyl sites for hydroxylation is 1. The molecule has 0 aliphatic rings. The Morgan fingerprint density at radius 1 is 1.22 bits per heavy atom. The first-order chi connectivity index (χ1) is 8.42. The average molecular weight is 260 g/mol. The van der Waals surface area contributed by atoms with Crippen LogP contribution in [0.15, 0.2) is 24.3 Å². The van der Waals surface area contributed by atoms with Crippen molar-refractivity contribution in [3.05, 3.63) is 35.4 Å². The lowest BCUT2D eigenvalue weighted by Gasteiger charge is -2.24. The van der Waals surface area contributed by atoms with Crippen LogP contribution in [0.3, 0.4) is 0 Å². The second kappa shape index (κ2) is 6.75. The lowest BCUT2D eigenvalue weighted by atomic mass is 10.1. The maximum Gasteiger partial charge on any atom is 0.401 e. The van der Waals surface area contributed by atoms with E-state index in [2.05, 4.69) is 5.32 Å². The van der Waals surface area contributed by atoms with E-state index < -0.39 is 12.7 Å². The molecule has 0 bridgehead atoms. The van der Waals surface area contributed by atoms with E-state index in [0.717, 1.165) is 11.1 Å². The highest BCUT2D eigenvalue weighted by atomic mass is 19.4. The summed E-state index contributed by atoms with van der Waals surface area (Å²) < 4.78 is 37.4. The molecule has 0 spiro atoms. The summed E-state index contributed by atoms with van der Waals surface area (Å²) in [4.78, 5) is 1.42. The van der Waals surface area contributed by atoms with Gasteiger partial charge in [0.25, 0.3) is 0 Å². The van der Waals surface area contributed by atoms with Crippen molar-refractivity contribution in [1.29, 1.82) is 0 Å². The van der Waals surface area contributed by atoms with Crippen molar-refractivity contribution in [1.82, 2.24) is 10.2 Å². The predicted molar refractivity (Wildman–Crippen MR) is 66.4 cm³/mol. The minimum Gasteiger partial charge on any atom is -0.318 e. The zero-order chi connectivity index (χ0) is 13.6. The largest absolute Gasteiger partial charge is 0.401 e. The second-order valence-corrected chi connectivity index (χ2v) is 4.36. The van der Waals surface area contributed by atoms with Gasteiger partial charge in [0, 0.05) is 19.6 Å². The molecule has 0 aromatic heterocycles. The molecule has 0 atom stereocenters. The Labute approximate surface area is 106 Å². The van der Waals surface area contributed by atoms with E-state index in [1.54, 1.807) is 7.05 Å². The Balaban J connectivity index is 2.69. The highest BCUT2D eigenvalue weighted by molar-refractivity contribution is 5.25. The van der Waals surface area contributed by atoms with Crippen molar-refractivity contribution in [2.45, 2.75) is 19.6 Å². The van der Waals surface area contributed by atoms with Crippen molar-refractivity contribution in [2.75, 3.05) is 26.7 Å². The van der Waals surface area contributed by atoms with E-state index in [1.807, 2.05) is 31.2 Å². The van der Waals surface area contributed by atoms with Crippen molar-refractivity contribution in [3.63, 3.8) is 0 Å². The number of halogens is 3. The molecule has 1 rings (SSSR count). The maximum atomic E-state index is 12.5. The van der Waals surface area contributed by atoms with Gasteiger partial charge in [0.1, 0.15) is 0 Å². The maximum absolute atomic E-state index is 12.5. The molecule has 0 saturated heterocycles. The predicted octanol–water partition coefficient (Wildman–Crippen LogP) is 2.58. The number of rotatable bonds is 6. The topological polar surface area (TPSA) is 15.3 Å². The molecule has 0 aliphatic heterocycles. The molecule has 0 saturated carbocycles. The van der Waals surface area contributed by atoms with E-state index in [9.17, 15) is 13.2 Å². The molecule has 102 valence electrons. The molecule has 0 unspecified atom stereocenters. The Bertz CT molecular complexity index is 363. The molecule has 2 nitrogen and oxygen atoms in total. The number of alkyl halides is 3. The first-order valence-electron chi connectivity index (χ1n) is 5.90. The summed E-state index contributed by atoms with van der Waals surface area (Å²) in [5, 5.41) is 2.88. The minimum absolute atomic E-state index is 0.327. The van der Waals surface area contributed by atoms with Crippen LogP contribution in [0.5, 0.6) is 0 Å². The quantitative estimate of drug-likeness (QED) is 0.845. The molecule has 1 aromatic carbocycles. The summed E-state index contributed by atoms with van der Waals surface area (Å²) in [7, 11) is 1.74. The summed E-state index contributed by atoms with van der Waals surface area (Å²) in [5.74, 6) is 0. The first-order valence-corrected chi connectivity index (χ1v) is 5.90. The fraction of sp³-hybridized carbons (Fsp3) is 0.538. The van der Waals surface area contributed by atoms with Crippen LogP contribution >= 0.6 is 0 Å². The van der Waals surface area contributed by atoms with Gasteiger partial charge < -0.3 is 5.32 Å². The molecule has 0 radical (unpaired) electrons. The van der Waals surface area contributed by atoms with Crippen molar-refractivity contribution >= 4 is 0 Å². The van der Waals surface area contributed by atoms with Crippen molar-refractivity contribution in [2.24, 2.45) is 0 Å². The van der Waals surface area contributed by atoms with Gasteiger partial charge in [-0.15, -0.1) is 0 Å². The summed E-state index contributed by atoms with van der Waals surface area (Å²) in [5.41, 5.74) is 1.96. The van der Waals surface area contributed by atoms with Crippen molar-refractivity contribution in [3.8, 4) is 0 Å². The van der Waals surface area contributed by atoms with E-state index in [0.29, 0.717) is 19.6 Å². The minimum atomic E-state index is -4.16. The van der Waals surface area contributed by atoms with Gasteiger partial charge >= 0.3 is 6.18 Å². The van der Waals surface area contributed by atoms with Gasteiger partial charge in [0.2, 0.25) is 0 Å². The van der Waals surface area contributed by atoms with Gasteiger partial charge in [-0.1, -0.05) is 24.3 Å². The summed E-state index contributed by atoms with van der Waals surface area (Å²) >= 11 is 0. The number of likely N-dealkylation sites (N-methyl/N-ethyl adjacent to an activating group) is 1. The van der Waals surface area contributed by atoms with Gasteiger partial charge in [0.05, 0.1) is 6.54 Å². The van der Waals surface area contributed by atoms with Crippen LogP contribution < -0.4 is 5.32 Å². The number of nitrogens with zero attached hydrogens (tertiary/aromatic N) is 1. The van der Waals surface area contributed by atoms with Crippen LogP contribution in [0, 0.1) is 6.92 Å². The smallest absolute Gasteiger partial charge is 0.318 e. The Kier molecular flexibility index (Phi) is 5.62. The van der Waals surface area contributed by atoms with Gasteiger partial charge in [-0.2, -0.15) is 13.2 Å². The molecule has 18 heavy (non-hydrogen) atoms. The molecular weight excluding hydrogens is 241 g/mol. The highest BCUT2D eigenvalue weighted by Crippen LogP contribution is 2.18. The lowest BCUT2D eigenvalue weighted by molar-refractivity contribution is -0.146. The third-order valence-electron chi connectivity index (χ3n) is 2.74. The Hall–Kier alpha value is -1.07. The fourth-order valence-corrected chi connectivity index (χ4v) is 1.77. The third-order valence-corrected chi connectivity index (χ3v) is 2.74. The molecule has 1 N–H and O–H groups in total. The summed E-state index contributed by atoms with van der Waals surface area (Å²) in [6.45, 7) is 2.29. The number of benzene rings is 1. The van der Waals surface area contributed by atoms with E-state index in [-0.39, 0.29) is 0 Å². The second-order valence-electron chi connectivity index (χ2n) is 4.36.